The van der Waals surface area contributed by atoms with Gasteiger partial charge in [-0.3, -0.25) is 4.79 Å². The Labute approximate surface area is 172 Å². The normalized spacial score (nSPS) is 11.2. The van der Waals surface area contributed by atoms with Crippen LogP contribution in [0.5, 0.6) is 11.5 Å². The fourth-order valence-electron chi connectivity index (χ4n) is 2.69. The average Bonchev–Trinajstić information content (AvgIpc) is 2.73. The van der Waals surface area contributed by atoms with Gasteiger partial charge in [-0.25, -0.2) is 4.79 Å². The summed E-state index contributed by atoms with van der Waals surface area (Å²) in [5, 5.41) is 0. The summed E-state index contributed by atoms with van der Waals surface area (Å²) in [4.78, 5) is 24.3. The van der Waals surface area contributed by atoms with Gasteiger partial charge in [0.2, 0.25) is 0 Å². The van der Waals surface area contributed by atoms with Crippen LogP contribution in [0.15, 0.2) is 54.6 Å². The van der Waals surface area contributed by atoms with Crippen LogP contribution in [0.4, 0.5) is 0 Å². The minimum atomic E-state index is -0.464. The minimum absolute atomic E-state index is 0.0247. The van der Waals surface area contributed by atoms with E-state index in [2.05, 4.69) is 6.92 Å². The maximum atomic E-state index is 12.4. The Morgan fingerprint density at radius 1 is 0.931 bits per heavy atom. The molecule has 0 unspecified atom stereocenters. The monoisotopic (exact) mass is 395 g/mol. The van der Waals surface area contributed by atoms with Crippen molar-refractivity contribution in [3.63, 3.8) is 0 Å². The Kier molecular flexibility index (Phi) is 8.96. The third-order valence-corrected chi connectivity index (χ3v) is 4.28. The third-order valence-electron chi connectivity index (χ3n) is 4.28. The van der Waals surface area contributed by atoms with Gasteiger partial charge in [-0.15, -0.1) is 0 Å². The number of hydrogen-bond acceptors (Lipinski definition) is 5. The zero-order valence-electron chi connectivity index (χ0n) is 17.1. The third kappa shape index (κ3) is 7.45. The van der Waals surface area contributed by atoms with Gasteiger partial charge in [-0.2, -0.15) is 0 Å². The maximum Gasteiger partial charge on any atom is 0.343 e. The molecule has 0 saturated heterocycles. The number of ketones is 1. The van der Waals surface area contributed by atoms with Crippen LogP contribution in [0.25, 0.3) is 5.70 Å². The molecule has 0 aliphatic rings. The lowest BCUT2D eigenvalue weighted by molar-refractivity contribution is -0.114. The molecule has 0 radical (unpaired) electrons. The van der Waals surface area contributed by atoms with E-state index in [0.717, 1.165) is 25.7 Å². The summed E-state index contributed by atoms with van der Waals surface area (Å²) < 4.78 is 11.0. The second-order valence-electron chi connectivity index (χ2n) is 6.81. The summed E-state index contributed by atoms with van der Waals surface area (Å²) in [6.45, 7) is 4.71. The van der Waals surface area contributed by atoms with Gasteiger partial charge in [-0.05, 0) is 60.9 Å². The van der Waals surface area contributed by atoms with Gasteiger partial charge in [-0.1, -0.05) is 32.8 Å². The summed E-state index contributed by atoms with van der Waals surface area (Å²) in [6.07, 6.45) is 5.85. The molecule has 0 spiro atoms. The van der Waals surface area contributed by atoms with Crippen LogP contribution in [0.2, 0.25) is 0 Å². The highest BCUT2D eigenvalue weighted by Crippen LogP contribution is 2.19. The summed E-state index contributed by atoms with van der Waals surface area (Å²) in [6, 6.07) is 13.7. The van der Waals surface area contributed by atoms with E-state index in [-0.39, 0.29) is 5.78 Å². The topological polar surface area (TPSA) is 78.6 Å². The summed E-state index contributed by atoms with van der Waals surface area (Å²) in [5.41, 5.74) is 7.55. The Balaban J connectivity index is 1.98. The molecule has 2 rings (SSSR count). The van der Waals surface area contributed by atoms with E-state index in [1.54, 1.807) is 48.5 Å². The van der Waals surface area contributed by atoms with Gasteiger partial charge in [0.05, 0.1) is 12.2 Å². The number of hydrogen-bond donors (Lipinski definition) is 1. The molecule has 0 aliphatic carbocycles. The van der Waals surface area contributed by atoms with Gasteiger partial charge in [0, 0.05) is 18.2 Å². The lowest BCUT2D eigenvalue weighted by atomic mass is 10.1. The molecule has 0 bridgehead atoms. The second-order valence-corrected chi connectivity index (χ2v) is 6.81. The predicted octanol–water partition coefficient (Wildman–Crippen LogP) is 5.14. The van der Waals surface area contributed by atoms with Crippen LogP contribution in [0.1, 0.15) is 61.9 Å². The predicted molar refractivity (Wildman–Crippen MR) is 115 cm³/mol. The van der Waals surface area contributed by atoms with Crippen molar-refractivity contribution in [3.05, 3.63) is 65.7 Å². The molecule has 29 heavy (non-hydrogen) atoms. The molecule has 154 valence electrons. The van der Waals surface area contributed by atoms with Crippen LogP contribution >= 0.6 is 0 Å². The van der Waals surface area contributed by atoms with Gasteiger partial charge in [0.1, 0.15) is 11.5 Å². The van der Waals surface area contributed by atoms with Crippen LogP contribution in [-0.2, 0) is 4.79 Å². The largest absolute Gasteiger partial charge is 0.494 e. The van der Waals surface area contributed by atoms with E-state index in [1.165, 1.54) is 6.08 Å². The number of ether oxygens (including phenoxy) is 2. The van der Waals surface area contributed by atoms with E-state index >= 15 is 0 Å². The van der Waals surface area contributed by atoms with Crippen LogP contribution in [0, 0.1) is 0 Å². The number of rotatable bonds is 11. The number of carbonyl (C=O) groups is 2. The van der Waals surface area contributed by atoms with Crippen molar-refractivity contribution in [2.24, 2.45) is 5.73 Å². The van der Waals surface area contributed by atoms with Crippen molar-refractivity contribution in [1.29, 1.82) is 0 Å². The van der Waals surface area contributed by atoms with E-state index in [4.69, 9.17) is 15.2 Å². The van der Waals surface area contributed by atoms with E-state index in [1.807, 2.05) is 6.92 Å². The molecule has 0 atom stereocenters. The smallest absolute Gasteiger partial charge is 0.343 e. The standard InChI is InChI=1S/C24H29NO4/c1-3-5-6-9-20(26)17-23(25)18-11-13-21(14-12-18)29-24(27)19-8-7-10-22(16-19)28-15-4-2/h7-8,10-14,16-17H,3-6,9,15,25H2,1-2H3/b23-17-. The van der Waals surface area contributed by atoms with E-state index in [0.29, 0.717) is 41.4 Å². The highest BCUT2D eigenvalue weighted by Gasteiger charge is 2.10. The first-order chi connectivity index (χ1) is 14.0. The summed E-state index contributed by atoms with van der Waals surface area (Å²) >= 11 is 0. The van der Waals surface area contributed by atoms with E-state index in [9.17, 15) is 9.59 Å². The highest BCUT2D eigenvalue weighted by atomic mass is 16.5. The number of nitrogens with two attached hydrogens (primary N) is 1. The number of esters is 1. The number of unbranched alkanes of at least 4 members (excludes halogenated alkanes) is 2. The van der Waals surface area contributed by atoms with Crippen molar-refractivity contribution >= 4 is 17.4 Å². The zero-order chi connectivity index (χ0) is 21.1. The first-order valence-corrected chi connectivity index (χ1v) is 10.1. The molecule has 0 aliphatic heterocycles. The van der Waals surface area contributed by atoms with Gasteiger partial charge >= 0.3 is 5.97 Å². The van der Waals surface area contributed by atoms with Gasteiger partial charge < -0.3 is 15.2 Å². The molecule has 5 heteroatoms. The molecular formula is C24H29NO4. The van der Waals surface area contributed by atoms with Crippen molar-refractivity contribution in [2.75, 3.05) is 6.61 Å². The lowest BCUT2D eigenvalue weighted by Gasteiger charge is -2.08. The van der Waals surface area contributed by atoms with Gasteiger partial charge in [0.25, 0.3) is 0 Å². The Morgan fingerprint density at radius 2 is 1.69 bits per heavy atom. The molecule has 5 nitrogen and oxygen atoms in total. The molecule has 0 amide bonds. The zero-order valence-corrected chi connectivity index (χ0v) is 17.1. The van der Waals surface area contributed by atoms with Crippen molar-refractivity contribution in [2.45, 2.75) is 46.0 Å². The first-order valence-electron chi connectivity index (χ1n) is 10.1. The minimum Gasteiger partial charge on any atom is -0.494 e. The Hall–Kier alpha value is -3.08. The Morgan fingerprint density at radius 3 is 2.38 bits per heavy atom. The fraction of sp³-hybridized carbons (Fsp3) is 0.333. The summed E-state index contributed by atoms with van der Waals surface area (Å²) in [5.74, 6) is 0.602. The maximum absolute atomic E-state index is 12.4. The van der Waals surface area contributed by atoms with Crippen LogP contribution < -0.4 is 15.2 Å². The molecule has 0 heterocycles. The molecule has 2 aromatic carbocycles. The first kappa shape index (κ1) is 22.2. The molecule has 2 aromatic rings. The Bertz CT molecular complexity index is 840. The summed E-state index contributed by atoms with van der Waals surface area (Å²) in [7, 11) is 0. The fourth-order valence-corrected chi connectivity index (χ4v) is 2.69. The molecule has 0 saturated carbocycles. The van der Waals surface area contributed by atoms with Crippen LogP contribution in [-0.4, -0.2) is 18.4 Å². The number of carbonyl (C=O) groups excluding carboxylic acids is 2. The SMILES string of the molecule is CCCCCC(=O)/C=C(\N)c1ccc(OC(=O)c2cccc(OCCC)c2)cc1. The molecule has 0 aromatic heterocycles. The number of allylic oxidation sites excluding steroid dienone is 1. The molecular weight excluding hydrogens is 366 g/mol. The lowest BCUT2D eigenvalue weighted by Crippen LogP contribution is -2.09. The quantitative estimate of drug-likeness (QED) is 0.247. The molecule has 0 fully saturated rings. The van der Waals surface area contributed by atoms with Crippen molar-refractivity contribution < 1.29 is 19.1 Å². The second kappa shape index (κ2) is 11.7. The molecule has 2 N–H and O–H groups in total. The highest BCUT2D eigenvalue weighted by molar-refractivity contribution is 5.96. The number of benzene rings is 2. The van der Waals surface area contributed by atoms with E-state index < -0.39 is 5.97 Å². The van der Waals surface area contributed by atoms with Crippen molar-refractivity contribution in [1.82, 2.24) is 0 Å². The van der Waals surface area contributed by atoms with Crippen LogP contribution in [0.3, 0.4) is 0 Å². The van der Waals surface area contributed by atoms with Crippen molar-refractivity contribution in [3.8, 4) is 11.5 Å². The average molecular weight is 395 g/mol. The van der Waals surface area contributed by atoms with Gasteiger partial charge in [0.15, 0.2) is 5.78 Å².